The summed E-state index contributed by atoms with van der Waals surface area (Å²) in [6.45, 7) is 0. The molecule has 0 radical (unpaired) electrons. The van der Waals surface area contributed by atoms with E-state index in [1.807, 2.05) is 5.32 Å². The molecule has 0 spiro atoms. The highest BCUT2D eigenvalue weighted by molar-refractivity contribution is 5.61. The summed E-state index contributed by atoms with van der Waals surface area (Å²) in [5.41, 5.74) is -1.35. The maximum atomic E-state index is 13.4. The van der Waals surface area contributed by atoms with E-state index < -0.39 is 29.0 Å². The van der Waals surface area contributed by atoms with Gasteiger partial charge in [-0.2, -0.15) is 5.26 Å². The predicted octanol–water partition coefficient (Wildman–Crippen LogP) is 2.65. The quantitative estimate of drug-likeness (QED) is 0.671. The molecular weight excluding hydrogens is 264 g/mol. The fourth-order valence-corrected chi connectivity index (χ4v) is 1.31. The molecule has 0 atom stereocenters. The minimum absolute atomic E-state index is 0.0811. The van der Waals surface area contributed by atoms with Crippen molar-refractivity contribution >= 4 is 11.5 Å². The van der Waals surface area contributed by atoms with Crippen molar-refractivity contribution in [1.82, 2.24) is 9.97 Å². The van der Waals surface area contributed by atoms with Gasteiger partial charge in [-0.1, -0.05) is 0 Å². The largest absolute Gasteiger partial charge is 0.333 e. The van der Waals surface area contributed by atoms with Crippen LogP contribution in [0.15, 0.2) is 18.5 Å². The Bertz CT molecular complexity index is 655. The van der Waals surface area contributed by atoms with Gasteiger partial charge in [-0.15, -0.1) is 0 Å². The van der Waals surface area contributed by atoms with Crippen LogP contribution < -0.4 is 5.32 Å². The minimum Gasteiger partial charge on any atom is -0.333 e. The second-order valence-corrected chi connectivity index (χ2v) is 3.33. The van der Waals surface area contributed by atoms with Crippen molar-refractivity contribution in [2.75, 3.05) is 5.32 Å². The van der Waals surface area contributed by atoms with Crippen molar-refractivity contribution in [2.24, 2.45) is 0 Å². The normalized spacial score (nSPS) is 10.1. The molecule has 0 fully saturated rings. The van der Waals surface area contributed by atoms with Crippen LogP contribution in [-0.2, 0) is 0 Å². The van der Waals surface area contributed by atoms with E-state index in [9.17, 15) is 17.6 Å². The number of anilines is 2. The molecule has 0 aliphatic heterocycles. The summed E-state index contributed by atoms with van der Waals surface area (Å²) in [4.78, 5) is 7.19. The Balaban J connectivity index is 2.53. The van der Waals surface area contributed by atoms with Crippen molar-refractivity contribution in [3.63, 3.8) is 0 Å². The number of halogens is 4. The third-order valence-electron chi connectivity index (χ3n) is 2.16. The monoisotopic (exact) mass is 268 g/mol. The molecule has 1 heterocycles. The lowest BCUT2D eigenvalue weighted by Gasteiger charge is -2.09. The lowest BCUT2D eigenvalue weighted by atomic mass is 10.2. The van der Waals surface area contributed by atoms with Crippen molar-refractivity contribution < 1.29 is 17.6 Å². The molecule has 2 rings (SSSR count). The molecule has 4 nitrogen and oxygen atoms in total. The maximum absolute atomic E-state index is 13.4. The molecule has 0 bridgehead atoms. The van der Waals surface area contributed by atoms with Crippen LogP contribution in [0.2, 0.25) is 0 Å². The number of nitriles is 1. The Morgan fingerprint density at radius 1 is 1.00 bits per heavy atom. The number of nitrogens with one attached hydrogen (secondary N) is 1. The summed E-state index contributed by atoms with van der Waals surface area (Å²) in [5.74, 6) is -6.68. The topological polar surface area (TPSA) is 61.6 Å². The van der Waals surface area contributed by atoms with Crippen LogP contribution in [0.25, 0.3) is 0 Å². The zero-order chi connectivity index (χ0) is 14.0. The first-order valence-corrected chi connectivity index (χ1v) is 4.85. The zero-order valence-corrected chi connectivity index (χ0v) is 9.09. The van der Waals surface area contributed by atoms with Crippen molar-refractivity contribution in [3.8, 4) is 6.07 Å². The smallest absolute Gasteiger partial charge is 0.185 e. The summed E-state index contributed by atoms with van der Waals surface area (Å²) in [6.07, 6.45) is 2.33. The average Bonchev–Trinajstić information content (AvgIpc) is 2.42. The van der Waals surface area contributed by atoms with E-state index in [-0.39, 0.29) is 17.6 Å². The summed E-state index contributed by atoms with van der Waals surface area (Å²) < 4.78 is 52.7. The van der Waals surface area contributed by atoms with Gasteiger partial charge in [0, 0.05) is 18.5 Å². The van der Waals surface area contributed by atoms with Gasteiger partial charge in [0.1, 0.15) is 11.8 Å². The second kappa shape index (κ2) is 4.89. The lowest BCUT2D eigenvalue weighted by Crippen LogP contribution is -2.06. The molecule has 0 aliphatic rings. The maximum Gasteiger partial charge on any atom is 0.185 e. The van der Waals surface area contributed by atoms with E-state index >= 15 is 0 Å². The molecular formula is C11H4F4N4. The Morgan fingerprint density at radius 3 is 2.16 bits per heavy atom. The van der Waals surface area contributed by atoms with Crippen LogP contribution >= 0.6 is 0 Å². The van der Waals surface area contributed by atoms with Gasteiger partial charge in [0.15, 0.2) is 34.8 Å². The van der Waals surface area contributed by atoms with Gasteiger partial charge in [0.05, 0.1) is 0 Å². The van der Waals surface area contributed by atoms with Gasteiger partial charge in [0.2, 0.25) is 0 Å². The Kier molecular flexibility index (Phi) is 3.29. The summed E-state index contributed by atoms with van der Waals surface area (Å²) >= 11 is 0. The molecule has 1 aromatic carbocycles. The van der Waals surface area contributed by atoms with Crippen LogP contribution in [0.3, 0.4) is 0 Å². The summed E-state index contributed by atoms with van der Waals surface area (Å²) in [6, 6.07) is 1.70. The van der Waals surface area contributed by atoms with Crippen molar-refractivity contribution in [3.05, 3.63) is 47.4 Å². The Hall–Kier alpha value is -2.69. The molecule has 8 heteroatoms. The van der Waals surface area contributed by atoms with Gasteiger partial charge < -0.3 is 5.32 Å². The molecule has 0 amide bonds. The van der Waals surface area contributed by atoms with Crippen LogP contribution in [0.4, 0.5) is 29.1 Å². The highest BCUT2D eigenvalue weighted by Crippen LogP contribution is 2.27. The van der Waals surface area contributed by atoms with Gasteiger partial charge in [-0.3, -0.25) is 0 Å². The van der Waals surface area contributed by atoms with Crippen molar-refractivity contribution in [1.29, 1.82) is 5.26 Å². The van der Waals surface area contributed by atoms with E-state index in [4.69, 9.17) is 5.26 Å². The number of nitrogens with zero attached hydrogens (tertiary/aromatic N) is 3. The molecule has 96 valence electrons. The SMILES string of the molecule is N#Cc1nccnc1Nc1c(F)c(F)cc(F)c1F. The molecule has 0 aliphatic carbocycles. The van der Waals surface area contributed by atoms with E-state index in [1.54, 1.807) is 6.07 Å². The number of benzene rings is 1. The van der Waals surface area contributed by atoms with E-state index in [2.05, 4.69) is 9.97 Å². The van der Waals surface area contributed by atoms with Crippen LogP contribution in [0.5, 0.6) is 0 Å². The minimum atomic E-state index is -1.62. The fourth-order valence-electron chi connectivity index (χ4n) is 1.31. The third kappa shape index (κ3) is 2.30. The van der Waals surface area contributed by atoms with Gasteiger partial charge in [-0.25, -0.2) is 27.5 Å². The Labute approximate surface area is 104 Å². The highest BCUT2D eigenvalue weighted by Gasteiger charge is 2.20. The predicted molar refractivity (Wildman–Crippen MR) is 56.3 cm³/mol. The van der Waals surface area contributed by atoms with Crippen LogP contribution in [0, 0.1) is 34.6 Å². The molecule has 1 N–H and O–H groups in total. The molecule has 0 saturated carbocycles. The van der Waals surface area contributed by atoms with E-state index in [0.29, 0.717) is 0 Å². The average molecular weight is 268 g/mol. The number of hydrogen-bond donors (Lipinski definition) is 1. The van der Waals surface area contributed by atoms with Gasteiger partial charge >= 0.3 is 0 Å². The van der Waals surface area contributed by atoms with E-state index in [0.717, 1.165) is 6.20 Å². The highest BCUT2D eigenvalue weighted by atomic mass is 19.2. The zero-order valence-electron chi connectivity index (χ0n) is 9.09. The fraction of sp³-hybridized carbons (Fsp3) is 0. The molecule has 0 unspecified atom stereocenters. The Morgan fingerprint density at radius 2 is 1.58 bits per heavy atom. The van der Waals surface area contributed by atoms with E-state index in [1.165, 1.54) is 6.20 Å². The molecule has 19 heavy (non-hydrogen) atoms. The second-order valence-electron chi connectivity index (χ2n) is 3.33. The van der Waals surface area contributed by atoms with Crippen LogP contribution in [-0.4, -0.2) is 9.97 Å². The number of aromatic nitrogens is 2. The standard InChI is InChI=1S/C11H4F4N4/c12-5-3-6(13)9(15)10(8(5)14)19-11-7(4-16)17-1-2-18-11/h1-3H,(H,18,19). The van der Waals surface area contributed by atoms with Crippen LogP contribution in [0.1, 0.15) is 5.69 Å². The molecule has 1 aromatic heterocycles. The third-order valence-corrected chi connectivity index (χ3v) is 2.16. The number of hydrogen-bond acceptors (Lipinski definition) is 4. The van der Waals surface area contributed by atoms with Crippen molar-refractivity contribution in [2.45, 2.75) is 0 Å². The molecule has 0 saturated heterocycles. The first kappa shape index (κ1) is 12.8. The first-order valence-electron chi connectivity index (χ1n) is 4.85. The summed E-state index contributed by atoms with van der Waals surface area (Å²) in [7, 11) is 0. The number of rotatable bonds is 2. The lowest BCUT2D eigenvalue weighted by molar-refractivity contribution is 0.459. The van der Waals surface area contributed by atoms with Gasteiger partial charge in [0.25, 0.3) is 0 Å². The van der Waals surface area contributed by atoms with Gasteiger partial charge in [-0.05, 0) is 0 Å². The molecule has 2 aromatic rings. The summed E-state index contributed by atoms with van der Waals surface area (Å²) in [5, 5.41) is 10.7. The first-order chi connectivity index (χ1) is 9.04.